The van der Waals surface area contributed by atoms with Crippen molar-refractivity contribution < 1.29 is 4.79 Å². The van der Waals surface area contributed by atoms with Crippen molar-refractivity contribution >= 4 is 17.4 Å². The number of carbonyl (C=O) groups is 1. The first-order valence-electron chi connectivity index (χ1n) is 6.54. The lowest BCUT2D eigenvalue weighted by Gasteiger charge is -2.18. The zero-order valence-corrected chi connectivity index (χ0v) is 11.9. The SMILES string of the molecule is CCNc1ccc(C(=O)N(C)c2ccccc2C)nn1. The predicted octanol–water partition coefficient (Wildman–Crippen LogP) is 2.49. The van der Waals surface area contributed by atoms with Crippen molar-refractivity contribution in [2.75, 3.05) is 23.8 Å². The molecule has 0 atom stereocenters. The number of rotatable bonds is 4. The summed E-state index contributed by atoms with van der Waals surface area (Å²) in [6.45, 7) is 4.72. The second-order valence-electron chi connectivity index (χ2n) is 4.48. The highest BCUT2D eigenvalue weighted by Crippen LogP contribution is 2.19. The highest BCUT2D eigenvalue weighted by atomic mass is 16.2. The van der Waals surface area contributed by atoms with Gasteiger partial charge in [0, 0.05) is 19.3 Å². The van der Waals surface area contributed by atoms with Gasteiger partial charge in [0.25, 0.3) is 5.91 Å². The van der Waals surface area contributed by atoms with Crippen LogP contribution in [0.5, 0.6) is 0 Å². The summed E-state index contributed by atoms with van der Waals surface area (Å²) in [6, 6.07) is 11.2. The van der Waals surface area contributed by atoms with Gasteiger partial charge in [-0.3, -0.25) is 4.79 Å². The molecule has 2 aromatic rings. The Balaban J connectivity index is 2.20. The van der Waals surface area contributed by atoms with E-state index in [9.17, 15) is 4.79 Å². The quantitative estimate of drug-likeness (QED) is 0.927. The summed E-state index contributed by atoms with van der Waals surface area (Å²) in [7, 11) is 1.74. The van der Waals surface area contributed by atoms with Gasteiger partial charge in [-0.25, -0.2) is 0 Å². The summed E-state index contributed by atoms with van der Waals surface area (Å²) in [5, 5.41) is 11.0. The van der Waals surface area contributed by atoms with Crippen LogP contribution in [-0.4, -0.2) is 29.7 Å². The zero-order chi connectivity index (χ0) is 14.5. The van der Waals surface area contributed by atoms with Gasteiger partial charge in [-0.15, -0.1) is 10.2 Å². The molecule has 1 amide bonds. The van der Waals surface area contributed by atoms with Gasteiger partial charge in [-0.05, 0) is 37.6 Å². The molecule has 1 aromatic heterocycles. The van der Waals surface area contributed by atoms with E-state index in [-0.39, 0.29) is 5.91 Å². The van der Waals surface area contributed by atoms with Crippen LogP contribution >= 0.6 is 0 Å². The minimum atomic E-state index is -0.171. The first-order chi connectivity index (χ1) is 9.63. The third-order valence-corrected chi connectivity index (χ3v) is 3.02. The molecule has 0 fully saturated rings. The van der Waals surface area contributed by atoms with E-state index in [2.05, 4.69) is 15.5 Å². The van der Waals surface area contributed by atoms with Gasteiger partial charge in [-0.1, -0.05) is 18.2 Å². The number of para-hydroxylation sites is 1. The summed E-state index contributed by atoms with van der Waals surface area (Å²) >= 11 is 0. The summed E-state index contributed by atoms with van der Waals surface area (Å²) in [4.78, 5) is 14.0. The molecule has 0 radical (unpaired) electrons. The van der Waals surface area contributed by atoms with E-state index < -0.39 is 0 Å². The molecule has 0 saturated carbocycles. The third-order valence-electron chi connectivity index (χ3n) is 3.02. The number of benzene rings is 1. The second-order valence-corrected chi connectivity index (χ2v) is 4.48. The Morgan fingerprint density at radius 2 is 1.95 bits per heavy atom. The highest BCUT2D eigenvalue weighted by Gasteiger charge is 2.16. The fraction of sp³-hybridized carbons (Fsp3) is 0.267. The Hall–Kier alpha value is -2.43. The maximum absolute atomic E-state index is 12.4. The van der Waals surface area contributed by atoms with Gasteiger partial charge < -0.3 is 10.2 Å². The van der Waals surface area contributed by atoms with E-state index in [1.54, 1.807) is 24.1 Å². The number of nitrogens with one attached hydrogen (secondary N) is 1. The van der Waals surface area contributed by atoms with Gasteiger partial charge in [0.2, 0.25) is 0 Å². The number of hydrogen-bond donors (Lipinski definition) is 1. The van der Waals surface area contributed by atoms with Crippen LogP contribution in [0.25, 0.3) is 0 Å². The highest BCUT2D eigenvalue weighted by molar-refractivity contribution is 6.04. The first-order valence-corrected chi connectivity index (χ1v) is 6.54. The normalized spacial score (nSPS) is 10.2. The fourth-order valence-electron chi connectivity index (χ4n) is 1.94. The van der Waals surface area contributed by atoms with Crippen LogP contribution in [0.3, 0.4) is 0 Å². The minimum absolute atomic E-state index is 0.171. The summed E-state index contributed by atoms with van der Waals surface area (Å²) < 4.78 is 0. The van der Waals surface area contributed by atoms with Crippen LogP contribution < -0.4 is 10.2 Å². The molecule has 1 heterocycles. The first kappa shape index (κ1) is 14.0. The van der Waals surface area contributed by atoms with E-state index in [1.807, 2.05) is 38.1 Å². The van der Waals surface area contributed by atoms with Gasteiger partial charge >= 0.3 is 0 Å². The van der Waals surface area contributed by atoms with Crippen molar-refractivity contribution in [1.29, 1.82) is 0 Å². The standard InChI is InChI=1S/C15H18N4O/c1-4-16-14-10-9-12(17-18-14)15(20)19(3)13-8-6-5-7-11(13)2/h5-10H,4H2,1-3H3,(H,16,18). The minimum Gasteiger partial charge on any atom is -0.369 e. The van der Waals surface area contributed by atoms with Gasteiger partial charge in [0.05, 0.1) is 0 Å². The van der Waals surface area contributed by atoms with Gasteiger partial charge in [0.1, 0.15) is 5.82 Å². The fourth-order valence-corrected chi connectivity index (χ4v) is 1.94. The molecular weight excluding hydrogens is 252 g/mol. The number of carbonyl (C=O) groups excluding carboxylic acids is 1. The molecule has 0 bridgehead atoms. The number of nitrogens with zero attached hydrogens (tertiary/aromatic N) is 3. The van der Waals surface area contributed by atoms with E-state index >= 15 is 0 Å². The van der Waals surface area contributed by atoms with Crippen molar-refractivity contribution in [2.24, 2.45) is 0 Å². The lowest BCUT2D eigenvalue weighted by atomic mass is 10.2. The Bertz CT molecular complexity index is 595. The molecule has 0 aliphatic heterocycles. The lowest BCUT2D eigenvalue weighted by molar-refractivity contribution is 0.0987. The molecule has 2 rings (SSSR count). The van der Waals surface area contributed by atoms with Crippen LogP contribution in [0.2, 0.25) is 0 Å². The number of hydrogen-bond acceptors (Lipinski definition) is 4. The monoisotopic (exact) mass is 270 g/mol. The largest absolute Gasteiger partial charge is 0.369 e. The van der Waals surface area contributed by atoms with Crippen LogP contribution in [-0.2, 0) is 0 Å². The molecule has 5 heteroatoms. The average Bonchev–Trinajstić information content (AvgIpc) is 2.47. The molecule has 20 heavy (non-hydrogen) atoms. The molecule has 0 aliphatic rings. The Labute approximate surface area is 118 Å². The van der Waals surface area contributed by atoms with Crippen molar-refractivity contribution in [1.82, 2.24) is 10.2 Å². The number of aryl methyl sites for hydroxylation is 1. The molecule has 0 saturated heterocycles. The molecule has 5 nitrogen and oxygen atoms in total. The van der Waals surface area contributed by atoms with Crippen molar-refractivity contribution in [3.63, 3.8) is 0 Å². The summed E-state index contributed by atoms with van der Waals surface area (Å²) in [6.07, 6.45) is 0. The van der Waals surface area contributed by atoms with Crippen LogP contribution in [0.1, 0.15) is 23.0 Å². The zero-order valence-electron chi connectivity index (χ0n) is 11.9. The summed E-state index contributed by atoms with van der Waals surface area (Å²) in [5.41, 5.74) is 2.24. The maximum Gasteiger partial charge on any atom is 0.278 e. The third kappa shape index (κ3) is 2.93. The number of aromatic nitrogens is 2. The molecular formula is C15H18N4O. The molecule has 0 unspecified atom stereocenters. The molecule has 1 N–H and O–H groups in total. The van der Waals surface area contributed by atoms with E-state index in [1.165, 1.54) is 0 Å². The Morgan fingerprint density at radius 3 is 2.55 bits per heavy atom. The van der Waals surface area contributed by atoms with Gasteiger partial charge in [0.15, 0.2) is 5.69 Å². The van der Waals surface area contributed by atoms with Crippen LogP contribution in [0.15, 0.2) is 36.4 Å². The molecule has 1 aromatic carbocycles. The Morgan fingerprint density at radius 1 is 1.20 bits per heavy atom. The number of anilines is 2. The molecule has 104 valence electrons. The second kappa shape index (κ2) is 6.14. The molecule has 0 spiro atoms. The summed E-state index contributed by atoms with van der Waals surface area (Å²) in [5.74, 6) is 0.498. The maximum atomic E-state index is 12.4. The van der Waals surface area contributed by atoms with Crippen molar-refractivity contribution in [3.8, 4) is 0 Å². The molecule has 0 aliphatic carbocycles. The van der Waals surface area contributed by atoms with Crippen LogP contribution in [0.4, 0.5) is 11.5 Å². The van der Waals surface area contributed by atoms with E-state index in [0.29, 0.717) is 11.5 Å². The Kier molecular flexibility index (Phi) is 4.30. The number of amides is 1. The van der Waals surface area contributed by atoms with E-state index in [0.717, 1.165) is 17.8 Å². The van der Waals surface area contributed by atoms with E-state index in [4.69, 9.17) is 0 Å². The lowest BCUT2D eigenvalue weighted by Crippen LogP contribution is -2.28. The van der Waals surface area contributed by atoms with Gasteiger partial charge in [-0.2, -0.15) is 0 Å². The van der Waals surface area contributed by atoms with Crippen LogP contribution in [0, 0.1) is 6.92 Å². The van der Waals surface area contributed by atoms with Crippen molar-refractivity contribution in [2.45, 2.75) is 13.8 Å². The smallest absolute Gasteiger partial charge is 0.278 e. The predicted molar refractivity (Wildman–Crippen MR) is 80.1 cm³/mol. The topological polar surface area (TPSA) is 58.1 Å². The van der Waals surface area contributed by atoms with Crippen molar-refractivity contribution in [3.05, 3.63) is 47.7 Å². The average molecular weight is 270 g/mol.